The first-order valence-electron chi connectivity index (χ1n) is 5.81. The fourth-order valence-electron chi connectivity index (χ4n) is 1.96. The van der Waals surface area contributed by atoms with Gasteiger partial charge in [-0.15, -0.1) is 0 Å². The molecule has 19 heavy (non-hydrogen) atoms. The number of aromatic nitrogens is 2. The largest absolute Gasteiger partial charge is 0.338 e. The van der Waals surface area contributed by atoms with Crippen LogP contribution in [0.25, 0.3) is 22.4 Å². The maximum Gasteiger partial charge on any atom is 0.138 e. The van der Waals surface area contributed by atoms with Gasteiger partial charge in [0.15, 0.2) is 0 Å². The molecule has 0 aliphatic rings. The summed E-state index contributed by atoms with van der Waals surface area (Å²) < 4.78 is 14.0. The summed E-state index contributed by atoms with van der Waals surface area (Å²) in [7, 11) is 0. The number of hydrogen-bond donors (Lipinski definition) is 2. The van der Waals surface area contributed by atoms with Gasteiger partial charge in [-0.05, 0) is 51.8 Å². The van der Waals surface area contributed by atoms with Crippen molar-refractivity contribution in [2.75, 3.05) is 0 Å². The summed E-state index contributed by atoms with van der Waals surface area (Å²) >= 11 is 3.14. The van der Waals surface area contributed by atoms with E-state index in [0.29, 0.717) is 22.4 Å². The van der Waals surface area contributed by atoms with Crippen molar-refractivity contribution in [1.29, 1.82) is 0 Å². The third-order valence-corrected chi connectivity index (χ3v) is 3.62. The van der Waals surface area contributed by atoms with Crippen molar-refractivity contribution in [3.8, 4) is 11.4 Å². The van der Waals surface area contributed by atoms with E-state index >= 15 is 0 Å². The molecule has 0 aliphatic heterocycles. The zero-order valence-corrected chi connectivity index (χ0v) is 11.5. The van der Waals surface area contributed by atoms with Gasteiger partial charge in [-0.2, -0.15) is 0 Å². The highest BCUT2D eigenvalue weighted by atomic mass is 79.9. The Kier molecular flexibility index (Phi) is 3.08. The first-order chi connectivity index (χ1) is 9.17. The van der Waals surface area contributed by atoms with Crippen molar-refractivity contribution in [3.05, 3.63) is 52.3 Å². The van der Waals surface area contributed by atoms with E-state index in [1.54, 1.807) is 6.07 Å². The molecule has 3 aromatic rings. The van der Waals surface area contributed by atoms with Crippen LogP contribution in [0.5, 0.6) is 0 Å². The highest BCUT2D eigenvalue weighted by molar-refractivity contribution is 9.10. The van der Waals surface area contributed by atoms with Crippen LogP contribution in [0, 0.1) is 5.82 Å². The minimum atomic E-state index is -0.305. The number of imidazole rings is 1. The Hall–Kier alpha value is -1.72. The van der Waals surface area contributed by atoms with Crippen molar-refractivity contribution in [1.82, 2.24) is 9.97 Å². The molecule has 3 rings (SSSR count). The second kappa shape index (κ2) is 4.75. The Balaban J connectivity index is 2.11. The zero-order valence-electron chi connectivity index (χ0n) is 9.95. The van der Waals surface area contributed by atoms with Gasteiger partial charge in [0.25, 0.3) is 0 Å². The summed E-state index contributed by atoms with van der Waals surface area (Å²) in [6, 6.07) is 10.7. The van der Waals surface area contributed by atoms with Crippen LogP contribution in [0.15, 0.2) is 40.9 Å². The van der Waals surface area contributed by atoms with Crippen LogP contribution in [0.1, 0.15) is 5.56 Å². The Labute approximate surface area is 117 Å². The highest BCUT2D eigenvalue weighted by Gasteiger charge is 2.08. The van der Waals surface area contributed by atoms with E-state index in [2.05, 4.69) is 25.9 Å². The molecule has 0 bridgehead atoms. The average Bonchev–Trinajstić information content (AvgIpc) is 2.84. The molecular formula is C14H11BrFN3. The molecule has 5 heteroatoms. The summed E-state index contributed by atoms with van der Waals surface area (Å²) in [5.41, 5.74) is 9.10. The Morgan fingerprint density at radius 1 is 1.21 bits per heavy atom. The standard InChI is InChI=1S/C14H11BrFN3/c15-10-3-2-9(6-11(10)16)14-18-12-4-1-8(7-17)5-13(12)19-14/h1-6H,7,17H2,(H,18,19). The number of nitrogens with zero attached hydrogens (tertiary/aromatic N) is 1. The molecule has 2 aromatic carbocycles. The van der Waals surface area contributed by atoms with Crippen molar-refractivity contribution in [2.45, 2.75) is 6.54 Å². The van der Waals surface area contributed by atoms with Gasteiger partial charge in [0.2, 0.25) is 0 Å². The first kappa shape index (κ1) is 12.3. The molecule has 0 radical (unpaired) electrons. The number of benzene rings is 2. The number of nitrogens with one attached hydrogen (secondary N) is 1. The monoisotopic (exact) mass is 319 g/mol. The normalized spacial score (nSPS) is 11.1. The van der Waals surface area contributed by atoms with Crippen LogP contribution in [0.2, 0.25) is 0 Å². The number of rotatable bonds is 2. The Morgan fingerprint density at radius 2 is 2.05 bits per heavy atom. The first-order valence-corrected chi connectivity index (χ1v) is 6.61. The third-order valence-electron chi connectivity index (χ3n) is 2.98. The lowest BCUT2D eigenvalue weighted by Crippen LogP contribution is -1.95. The molecule has 3 nitrogen and oxygen atoms in total. The van der Waals surface area contributed by atoms with Gasteiger partial charge in [-0.1, -0.05) is 6.07 Å². The van der Waals surface area contributed by atoms with Crippen LogP contribution in [-0.4, -0.2) is 9.97 Å². The highest BCUT2D eigenvalue weighted by Crippen LogP contribution is 2.25. The lowest BCUT2D eigenvalue weighted by molar-refractivity contribution is 0.621. The van der Waals surface area contributed by atoms with Gasteiger partial charge in [0.05, 0.1) is 15.5 Å². The molecule has 1 heterocycles. The van der Waals surface area contributed by atoms with E-state index in [4.69, 9.17) is 5.73 Å². The summed E-state index contributed by atoms with van der Waals surface area (Å²) in [4.78, 5) is 7.64. The predicted molar refractivity (Wildman–Crippen MR) is 77.1 cm³/mol. The van der Waals surface area contributed by atoms with E-state index in [0.717, 1.165) is 16.6 Å². The molecule has 0 atom stereocenters. The molecule has 1 aromatic heterocycles. The number of halogens is 2. The van der Waals surface area contributed by atoms with Crippen molar-refractivity contribution in [2.24, 2.45) is 5.73 Å². The number of H-pyrrole nitrogens is 1. The number of hydrogen-bond acceptors (Lipinski definition) is 2. The molecule has 0 saturated heterocycles. The van der Waals surface area contributed by atoms with Crippen molar-refractivity contribution >= 4 is 27.0 Å². The van der Waals surface area contributed by atoms with Gasteiger partial charge < -0.3 is 10.7 Å². The fraction of sp³-hybridized carbons (Fsp3) is 0.0714. The lowest BCUT2D eigenvalue weighted by Gasteiger charge is -1.98. The van der Waals surface area contributed by atoms with Crippen molar-refractivity contribution in [3.63, 3.8) is 0 Å². The van der Waals surface area contributed by atoms with E-state index in [9.17, 15) is 4.39 Å². The minimum absolute atomic E-state index is 0.305. The van der Waals surface area contributed by atoms with E-state index in [1.807, 2.05) is 24.3 Å². The summed E-state index contributed by atoms with van der Waals surface area (Å²) in [6.45, 7) is 0.483. The van der Waals surface area contributed by atoms with E-state index in [1.165, 1.54) is 6.07 Å². The Morgan fingerprint density at radius 3 is 2.79 bits per heavy atom. The van der Waals surface area contributed by atoms with Gasteiger partial charge in [-0.25, -0.2) is 9.37 Å². The van der Waals surface area contributed by atoms with Crippen LogP contribution in [-0.2, 0) is 6.54 Å². The maximum absolute atomic E-state index is 13.5. The molecule has 0 spiro atoms. The SMILES string of the molecule is NCc1ccc2nc(-c3ccc(Br)c(F)c3)[nH]c2c1. The second-order valence-corrected chi connectivity index (χ2v) is 5.12. The van der Waals surface area contributed by atoms with Gasteiger partial charge in [0.1, 0.15) is 11.6 Å². The molecule has 3 N–H and O–H groups in total. The number of fused-ring (bicyclic) bond motifs is 1. The van der Waals surface area contributed by atoms with Crippen LogP contribution < -0.4 is 5.73 Å². The molecule has 0 unspecified atom stereocenters. The van der Waals surface area contributed by atoms with E-state index in [-0.39, 0.29) is 5.82 Å². The topological polar surface area (TPSA) is 54.7 Å². The fourth-order valence-corrected chi connectivity index (χ4v) is 2.21. The van der Waals surface area contributed by atoms with Gasteiger partial charge in [0, 0.05) is 12.1 Å². The van der Waals surface area contributed by atoms with Crippen LogP contribution >= 0.6 is 15.9 Å². The third kappa shape index (κ3) is 2.27. The summed E-state index contributed by atoms with van der Waals surface area (Å²) in [5.74, 6) is 0.344. The molecule has 0 aliphatic carbocycles. The van der Waals surface area contributed by atoms with Crippen LogP contribution in [0.4, 0.5) is 4.39 Å². The minimum Gasteiger partial charge on any atom is -0.338 e. The number of aromatic amines is 1. The number of nitrogens with two attached hydrogens (primary N) is 1. The summed E-state index contributed by atoms with van der Waals surface area (Å²) in [5, 5.41) is 0. The second-order valence-electron chi connectivity index (χ2n) is 4.27. The molecule has 0 amide bonds. The van der Waals surface area contributed by atoms with Crippen LogP contribution in [0.3, 0.4) is 0 Å². The lowest BCUT2D eigenvalue weighted by atomic mass is 10.2. The quantitative estimate of drug-likeness (QED) is 0.758. The summed E-state index contributed by atoms with van der Waals surface area (Å²) in [6.07, 6.45) is 0. The molecule has 0 saturated carbocycles. The van der Waals surface area contributed by atoms with Gasteiger partial charge >= 0.3 is 0 Å². The predicted octanol–water partition coefficient (Wildman–Crippen LogP) is 3.59. The average molecular weight is 320 g/mol. The van der Waals surface area contributed by atoms with Gasteiger partial charge in [-0.3, -0.25) is 0 Å². The smallest absolute Gasteiger partial charge is 0.138 e. The molecule has 96 valence electrons. The molecular weight excluding hydrogens is 309 g/mol. The maximum atomic E-state index is 13.5. The Bertz CT molecular complexity index is 752. The zero-order chi connectivity index (χ0) is 13.4. The van der Waals surface area contributed by atoms with E-state index < -0.39 is 0 Å². The van der Waals surface area contributed by atoms with Crippen molar-refractivity contribution < 1.29 is 4.39 Å². The molecule has 0 fully saturated rings.